The summed E-state index contributed by atoms with van der Waals surface area (Å²) in [6.07, 6.45) is -0.114. The molecule has 10 heteroatoms. The molecule has 0 aliphatic carbocycles. The van der Waals surface area contributed by atoms with Gasteiger partial charge in [-0.15, -0.1) is 0 Å². The standard InChI is InChI=1S/C16H19N5O5/c1-16(25)12(24)9(5-22)26-15(16)21-4-7-8(17-2)3-10(23)20-13-11(7)14(21)19-6-18-13/h3-4,6,9,12,15,17,22,24-25H,5H2,1-2H3,(H,18,19,20,23)/t9-,12-,15-,16+/m1/s1. The second-order valence-corrected chi connectivity index (χ2v) is 6.54. The van der Waals surface area contributed by atoms with Gasteiger partial charge >= 0.3 is 0 Å². The first-order valence-electron chi connectivity index (χ1n) is 8.12. The summed E-state index contributed by atoms with van der Waals surface area (Å²) in [7, 11) is 1.68. The molecule has 0 saturated carbocycles. The van der Waals surface area contributed by atoms with Crippen molar-refractivity contribution < 1.29 is 20.1 Å². The van der Waals surface area contributed by atoms with Gasteiger partial charge in [0.1, 0.15) is 29.4 Å². The Morgan fingerprint density at radius 2 is 2.27 bits per heavy atom. The minimum absolute atomic E-state index is 0.340. The van der Waals surface area contributed by atoms with E-state index in [0.29, 0.717) is 28.1 Å². The number of aliphatic imine (C=N–C) groups is 1. The van der Waals surface area contributed by atoms with E-state index < -0.39 is 36.2 Å². The molecule has 0 unspecified atom stereocenters. The number of nitrogens with zero attached hydrogens (tertiary/aromatic N) is 3. The van der Waals surface area contributed by atoms with E-state index in [1.54, 1.807) is 17.8 Å². The molecule has 2 aliphatic heterocycles. The average molecular weight is 361 g/mol. The molecule has 138 valence electrons. The molecule has 4 rings (SSSR count). The molecule has 4 atom stereocenters. The molecule has 4 heterocycles. The lowest BCUT2D eigenvalue weighted by molar-refractivity contribution is -0.0955. The van der Waals surface area contributed by atoms with Crippen LogP contribution in [0.25, 0.3) is 10.8 Å². The van der Waals surface area contributed by atoms with E-state index in [0.717, 1.165) is 0 Å². The predicted octanol–water partition coefficient (Wildman–Crippen LogP) is -0.475. The third-order valence-electron chi connectivity index (χ3n) is 4.87. The maximum absolute atomic E-state index is 12.0. The molecule has 2 aromatic rings. The number of aliphatic hydroxyl groups is 3. The van der Waals surface area contributed by atoms with Gasteiger partial charge in [-0.25, -0.2) is 4.99 Å². The summed E-state index contributed by atoms with van der Waals surface area (Å²) in [5.74, 6) is 0.761. The Morgan fingerprint density at radius 3 is 2.92 bits per heavy atom. The Bertz CT molecular complexity index is 970. The normalized spacial score (nSPS) is 29.8. The van der Waals surface area contributed by atoms with Crippen LogP contribution in [0.4, 0.5) is 17.3 Å². The fraction of sp³-hybridized carbons (Fsp3) is 0.438. The monoisotopic (exact) mass is 361 g/mol. The minimum Gasteiger partial charge on any atom is -0.394 e. The molecule has 10 nitrogen and oxygen atoms in total. The van der Waals surface area contributed by atoms with E-state index >= 15 is 0 Å². The van der Waals surface area contributed by atoms with Crippen LogP contribution >= 0.6 is 0 Å². The summed E-state index contributed by atoms with van der Waals surface area (Å²) >= 11 is 0. The van der Waals surface area contributed by atoms with Crippen LogP contribution in [0.15, 0.2) is 22.1 Å². The Labute approximate surface area is 147 Å². The lowest BCUT2D eigenvalue weighted by atomic mass is 9.96. The smallest absolute Gasteiger partial charge is 0.273 e. The number of rotatable bonds is 3. The van der Waals surface area contributed by atoms with Crippen LogP contribution in [0.2, 0.25) is 0 Å². The number of hydrogen-bond donors (Lipinski definition) is 5. The maximum Gasteiger partial charge on any atom is 0.273 e. The SMILES string of the molecule is CNc1cc(=O)nc2c3c(n([C@@H]4O[C@H](CO)[C@@H](O)[C@]4(C)O)cc13)N=CN2. The van der Waals surface area contributed by atoms with Crippen molar-refractivity contribution in [2.24, 2.45) is 4.99 Å². The molecule has 2 aromatic heterocycles. The lowest BCUT2D eigenvalue weighted by Crippen LogP contribution is -2.44. The van der Waals surface area contributed by atoms with Gasteiger partial charge in [0.15, 0.2) is 6.23 Å². The van der Waals surface area contributed by atoms with Crippen molar-refractivity contribution in [1.82, 2.24) is 9.55 Å². The van der Waals surface area contributed by atoms with Crippen LogP contribution in [-0.2, 0) is 4.74 Å². The molecule has 0 spiro atoms. The van der Waals surface area contributed by atoms with Crippen molar-refractivity contribution in [3.63, 3.8) is 0 Å². The molecule has 0 amide bonds. The van der Waals surface area contributed by atoms with Gasteiger partial charge in [-0.2, -0.15) is 4.98 Å². The summed E-state index contributed by atoms with van der Waals surface area (Å²) in [5.41, 5.74) is -1.53. The van der Waals surface area contributed by atoms with Crippen LogP contribution in [0.5, 0.6) is 0 Å². The van der Waals surface area contributed by atoms with Gasteiger partial charge in [0.2, 0.25) is 0 Å². The Balaban J connectivity index is 1.99. The van der Waals surface area contributed by atoms with Gasteiger partial charge in [0.05, 0.1) is 18.3 Å². The van der Waals surface area contributed by atoms with E-state index in [4.69, 9.17) is 4.74 Å². The van der Waals surface area contributed by atoms with Gasteiger partial charge in [-0.1, -0.05) is 0 Å². The molecule has 1 fully saturated rings. The fourth-order valence-electron chi connectivity index (χ4n) is 3.52. The number of ether oxygens (including phenoxy) is 1. The Kier molecular flexibility index (Phi) is 3.74. The number of hydrogen-bond acceptors (Lipinski definition) is 9. The Hall–Kier alpha value is -2.53. The van der Waals surface area contributed by atoms with Crippen molar-refractivity contribution in [2.75, 3.05) is 24.3 Å². The van der Waals surface area contributed by atoms with Crippen LogP contribution in [0, 0.1) is 0 Å². The van der Waals surface area contributed by atoms with Crippen molar-refractivity contribution in [3.05, 3.63) is 22.6 Å². The van der Waals surface area contributed by atoms with Gasteiger partial charge < -0.3 is 35.3 Å². The second kappa shape index (κ2) is 5.74. The average Bonchev–Trinajstić information content (AvgIpc) is 3.04. The zero-order valence-corrected chi connectivity index (χ0v) is 14.2. The molecular weight excluding hydrogens is 342 g/mol. The van der Waals surface area contributed by atoms with Crippen molar-refractivity contribution >= 4 is 34.4 Å². The summed E-state index contributed by atoms with van der Waals surface area (Å²) in [4.78, 5) is 20.3. The predicted molar refractivity (Wildman–Crippen MR) is 95.0 cm³/mol. The molecule has 0 aromatic carbocycles. The lowest BCUT2D eigenvalue weighted by Gasteiger charge is -2.28. The first-order valence-corrected chi connectivity index (χ1v) is 8.12. The van der Waals surface area contributed by atoms with Crippen LogP contribution in [-0.4, -0.2) is 62.7 Å². The first kappa shape index (κ1) is 16.9. The van der Waals surface area contributed by atoms with E-state index in [2.05, 4.69) is 20.6 Å². The maximum atomic E-state index is 12.0. The summed E-state index contributed by atoms with van der Waals surface area (Å²) in [5, 5.41) is 37.5. The number of anilines is 2. The van der Waals surface area contributed by atoms with Gasteiger partial charge in [0.25, 0.3) is 5.56 Å². The van der Waals surface area contributed by atoms with Crippen LogP contribution < -0.4 is 16.2 Å². The molecule has 0 bridgehead atoms. The number of nitrogens with one attached hydrogen (secondary N) is 2. The van der Waals surface area contributed by atoms with E-state index in [-0.39, 0.29) is 0 Å². The quantitative estimate of drug-likeness (QED) is 0.494. The number of aromatic nitrogens is 2. The highest BCUT2D eigenvalue weighted by atomic mass is 16.6. The van der Waals surface area contributed by atoms with E-state index in [1.165, 1.54) is 19.3 Å². The van der Waals surface area contributed by atoms with Crippen molar-refractivity contribution in [2.45, 2.75) is 31.0 Å². The largest absolute Gasteiger partial charge is 0.394 e. The highest BCUT2D eigenvalue weighted by molar-refractivity contribution is 6.10. The van der Waals surface area contributed by atoms with Crippen molar-refractivity contribution in [1.29, 1.82) is 0 Å². The molecule has 0 radical (unpaired) electrons. The third-order valence-corrected chi connectivity index (χ3v) is 4.87. The fourth-order valence-corrected chi connectivity index (χ4v) is 3.52. The van der Waals surface area contributed by atoms with Gasteiger partial charge in [-0.3, -0.25) is 4.79 Å². The summed E-state index contributed by atoms with van der Waals surface area (Å²) in [6, 6.07) is 1.37. The topological polar surface area (TPSA) is 141 Å². The zero-order chi connectivity index (χ0) is 18.6. The zero-order valence-electron chi connectivity index (χ0n) is 14.2. The minimum atomic E-state index is -1.65. The van der Waals surface area contributed by atoms with E-state index in [1.807, 2.05) is 0 Å². The Morgan fingerprint density at radius 1 is 1.50 bits per heavy atom. The van der Waals surface area contributed by atoms with Gasteiger partial charge in [0, 0.05) is 30.4 Å². The number of aliphatic hydroxyl groups excluding tert-OH is 2. The van der Waals surface area contributed by atoms with Gasteiger partial charge in [-0.05, 0) is 6.92 Å². The van der Waals surface area contributed by atoms with Crippen molar-refractivity contribution in [3.8, 4) is 0 Å². The van der Waals surface area contributed by atoms with Crippen LogP contribution in [0.1, 0.15) is 13.2 Å². The molecular formula is C16H19N5O5. The highest BCUT2D eigenvalue weighted by Crippen LogP contribution is 2.45. The van der Waals surface area contributed by atoms with E-state index in [9.17, 15) is 20.1 Å². The summed E-state index contributed by atoms with van der Waals surface area (Å²) < 4.78 is 7.28. The molecule has 1 saturated heterocycles. The summed E-state index contributed by atoms with van der Waals surface area (Å²) in [6.45, 7) is 1.01. The first-order chi connectivity index (χ1) is 12.4. The third kappa shape index (κ3) is 2.23. The highest BCUT2D eigenvalue weighted by Gasteiger charge is 2.53. The second-order valence-electron chi connectivity index (χ2n) is 6.54. The van der Waals surface area contributed by atoms with Crippen LogP contribution in [0.3, 0.4) is 0 Å². The molecule has 5 N–H and O–H groups in total. The molecule has 26 heavy (non-hydrogen) atoms. The molecule has 2 aliphatic rings.